The summed E-state index contributed by atoms with van der Waals surface area (Å²) in [7, 11) is 0. The molecule has 2 nitrogen and oxygen atoms in total. The summed E-state index contributed by atoms with van der Waals surface area (Å²) in [6, 6.07) is 3.20. The van der Waals surface area contributed by atoms with E-state index < -0.39 is 0 Å². The van der Waals surface area contributed by atoms with Gasteiger partial charge in [-0.2, -0.15) is 0 Å². The van der Waals surface area contributed by atoms with Gasteiger partial charge in [-0.15, -0.1) is 0 Å². The lowest BCUT2D eigenvalue weighted by Gasteiger charge is -2.22. The number of rotatable bonds is 0. The number of nitrogens with one attached hydrogen (secondary N) is 1. The van der Waals surface area contributed by atoms with Crippen LogP contribution in [0.25, 0.3) is 0 Å². The van der Waals surface area contributed by atoms with Crippen LogP contribution in [0.5, 0.6) is 0 Å². The molecule has 74 valence electrons. The lowest BCUT2D eigenvalue weighted by atomic mass is 9.93. The van der Waals surface area contributed by atoms with Gasteiger partial charge < -0.3 is 5.32 Å². The standard InChI is InChI=1S/C11H12FNO/c1-6-3-8-4-7(2)11(14)13-10(8)5-9(6)12/h3,5,7H,4H2,1-2H3,(H,13,14). The van der Waals surface area contributed by atoms with Crippen LogP contribution >= 0.6 is 0 Å². The summed E-state index contributed by atoms with van der Waals surface area (Å²) in [5.74, 6) is -0.313. The lowest BCUT2D eigenvalue weighted by molar-refractivity contribution is -0.119. The van der Waals surface area contributed by atoms with Gasteiger partial charge in [0.05, 0.1) is 0 Å². The molecule has 0 radical (unpaired) electrons. The van der Waals surface area contributed by atoms with Crippen LogP contribution in [0, 0.1) is 18.7 Å². The summed E-state index contributed by atoms with van der Waals surface area (Å²) in [5, 5.41) is 2.70. The van der Waals surface area contributed by atoms with Crippen molar-refractivity contribution in [1.29, 1.82) is 0 Å². The van der Waals surface area contributed by atoms with Crippen molar-refractivity contribution in [3.05, 3.63) is 29.1 Å². The number of benzene rings is 1. The summed E-state index contributed by atoms with van der Waals surface area (Å²) < 4.78 is 13.2. The Bertz CT molecular complexity index is 401. The first-order valence-corrected chi connectivity index (χ1v) is 4.68. The summed E-state index contributed by atoms with van der Waals surface area (Å²) >= 11 is 0. The maximum Gasteiger partial charge on any atom is 0.227 e. The number of carbonyl (C=O) groups is 1. The predicted octanol–water partition coefficient (Wildman–Crippen LogP) is 2.26. The third kappa shape index (κ3) is 1.39. The molecule has 0 saturated carbocycles. The fourth-order valence-corrected chi connectivity index (χ4v) is 1.71. The van der Waals surface area contributed by atoms with Crippen LogP contribution in [-0.2, 0) is 11.2 Å². The minimum Gasteiger partial charge on any atom is -0.325 e. The Morgan fingerprint density at radius 3 is 2.93 bits per heavy atom. The van der Waals surface area contributed by atoms with E-state index in [1.165, 1.54) is 6.07 Å². The molecule has 1 unspecified atom stereocenters. The summed E-state index contributed by atoms with van der Waals surface area (Å²) in [6.45, 7) is 3.60. The molecule has 0 bridgehead atoms. The third-order valence-corrected chi connectivity index (χ3v) is 2.62. The van der Waals surface area contributed by atoms with Crippen molar-refractivity contribution in [2.45, 2.75) is 20.3 Å². The molecule has 1 heterocycles. The van der Waals surface area contributed by atoms with Gasteiger partial charge in [0.2, 0.25) is 5.91 Å². The van der Waals surface area contributed by atoms with Crippen molar-refractivity contribution in [2.75, 3.05) is 5.32 Å². The minimum absolute atomic E-state index is 0.0210. The maximum absolute atomic E-state index is 13.2. The smallest absolute Gasteiger partial charge is 0.227 e. The maximum atomic E-state index is 13.2. The van der Waals surface area contributed by atoms with Gasteiger partial charge in [0.25, 0.3) is 0 Å². The first kappa shape index (κ1) is 9.19. The van der Waals surface area contributed by atoms with E-state index in [1.54, 1.807) is 13.0 Å². The number of amides is 1. The quantitative estimate of drug-likeness (QED) is 0.672. The number of hydrogen-bond donors (Lipinski definition) is 1. The Balaban J connectivity index is 2.47. The monoisotopic (exact) mass is 193 g/mol. The number of anilines is 1. The Hall–Kier alpha value is -1.38. The second kappa shape index (κ2) is 3.08. The van der Waals surface area contributed by atoms with Crippen molar-refractivity contribution in [3.8, 4) is 0 Å². The molecule has 3 heteroatoms. The Morgan fingerprint density at radius 1 is 1.50 bits per heavy atom. The van der Waals surface area contributed by atoms with Crippen LogP contribution in [0.2, 0.25) is 0 Å². The van der Waals surface area contributed by atoms with Gasteiger partial charge in [-0.25, -0.2) is 4.39 Å². The van der Waals surface area contributed by atoms with Gasteiger partial charge in [-0.3, -0.25) is 4.79 Å². The fraction of sp³-hybridized carbons (Fsp3) is 0.364. The van der Waals surface area contributed by atoms with Crippen molar-refractivity contribution in [2.24, 2.45) is 5.92 Å². The molecule has 0 fully saturated rings. The molecular formula is C11H12FNO. The summed E-state index contributed by atoms with van der Waals surface area (Å²) in [4.78, 5) is 11.3. The highest BCUT2D eigenvalue weighted by molar-refractivity contribution is 5.95. The number of hydrogen-bond acceptors (Lipinski definition) is 1. The van der Waals surface area contributed by atoms with Crippen LogP contribution in [0.1, 0.15) is 18.1 Å². The average molecular weight is 193 g/mol. The van der Waals surface area contributed by atoms with Gasteiger partial charge in [0.15, 0.2) is 0 Å². The highest BCUT2D eigenvalue weighted by Gasteiger charge is 2.22. The molecule has 1 aliphatic heterocycles. The summed E-state index contributed by atoms with van der Waals surface area (Å²) in [5.41, 5.74) is 2.28. The van der Waals surface area contributed by atoms with Crippen molar-refractivity contribution < 1.29 is 9.18 Å². The fourth-order valence-electron chi connectivity index (χ4n) is 1.71. The van der Waals surface area contributed by atoms with Crippen molar-refractivity contribution in [1.82, 2.24) is 0 Å². The summed E-state index contributed by atoms with van der Waals surface area (Å²) in [6.07, 6.45) is 0.697. The second-order valence-corrected chi connectivity index (χ2v) is 3.85. The molecule has 1 atom stereocenters. The molecule has 1 aromatic rings. The van der Waals surface area contributed by atoms with E-state index >= 15 is 0 Å². The molecular weight excluding hydrogens is 181 g/mol. The highest BCUT2D eigenvalue weighted by atomic mass is 19.1. The van der Waals surface area contributed by atoms with Crippen molar-refractivity contribution in [3.63, 3.8) is 0 Å². The second-order valence-electron chi connectivity index (χ2n) is 3.85. The number of aryl methyl sites for hydroxylation is 1. The normalized spacial score (nSPS) is 20.2. The van der Waals surface area contributed by atoms with Gasteiger partial charge in [0, 0.05) is 11.6 Å². The van der Waals surface area contributed by atoms with E-state index in [1.807, 2.05) is 6.92 Å². The Morgan fingerprint density at radius 2 is 2.21 bits per heavy atom. The van der Waals surface area contributed by atoms with Crippen LogP contribution < -0.4 is 5.32 Å². The first-order valence-electron chi connectivity index (χ1n) is 4.68. The topological polar surface area (TPSA) is 29.1 Å². The zero-order chi connectivity index (χ0) is 10.3. The molecule has 0 aromatic heterocycles. The Kier molecular flexibility index (Phi) is 2.02. The zero-order valence-electron chi connectivity index (χ0n) is 8.23. The molecule has 1 aliphatic rings. The van der Waals surface area contributed by atoms with E-state index in [4.69, 9.17) is 0 Å². The third-order valence-electron chi connectivity index (χ3n) is 2.62. The molecule has 0 spiro atoms. The van der Waals surface area contributed by atoms with E-state index in [0.29, 0.717) is 17.7 Å². The minimum atomic E-state index is -0.265. The number of fused-ring (bicyclic) bond motifs is 1. The first-order chi connectivity index (χ1) is 6.58. The molecule has 0 aliphatic carbocycles. The number of carbonyl (C=O) groups excluding carboxylic acids is 1. The predicted molar refractivity (Wildman–Crippen MR) is 52.6 cm³/mol. The largest absolute Gasteiger partial charge is 0.325 e. The van der Waals surface area contributed by atoms with Gasteiger partial charge in [-0.05, 0) is 30.5 Å². The van der Waals surface area contributed by atoms with Crippen LogP contribution in [-0.4, -0.2) is 5.91 Å². The molecule has 1 N–H and O–H groups in total. The van der Waals surface area contributed by atoms with Crippen LogP contribution in [0.4, 0.5) is 10.1 Å². The van der Waals surface area contributed by atoms with Gasteiger partial charge >= 0.3 is 0 Å². The molecule has 1 amide bonds. The van der Waals surface area contributed by atoms with E-state index in [2.05, 4.69) is 5.32 Å². The van der Waals surface area contributed by atoms with Crippen molar-refractivity contribution >= 4 is 11.6 Å². The SMILES string of the molecule is Cc1cc2c(cc1F)NC(=O)C(C)C2. The molecule has 2 rings (SSSR count). The number of halogens is 1. The van der Waals surface area contributed by atoms with Crippen LogP contribution in [0.3, 0.4) is 0 Å². The molecule has 1 aromatic carbocycles. The average Bonchev–Trinajstić information content (AvgIpc) is 2.11. The highest BCUT2D eigenvalue weighted by Crippen LogP contribution is 2.27. The zero-order valence-corrected chi connectivity index (χ0v) is 8.23. The molecule has 0 saturated heterocycles. The van der Waals surface area contributed by atoms with Gasteiger partial charge in [0.1, 0.15) is 5.82 Å². The van der Waals surface area contributed by atoms with E-state index in [0.717, 1.165) is 5.56 Å². The van der Waals surface area contributed by atoms with E-state index in [-0.39, 0.29) is 17.6 Å². The Labute approximate surface area is 82.1 Å². The molecule has 14 heavy (non-hydrogen) atoms. The lowest BCUT2D eigenvalue weighted by Crippen LogP contribution is -2.27. The van der Waals surface area contributed by atoms with Gasteiger partial charge in [-0.1, -0.05) is 13.0 Å². The van der Waals surface area contributed by atoms with E-state index in [9.17, 15) is 9.18 Å². The van der Waals surface area contributed by atoms with Crippen LogP contribution in [0.15, 0.2) is 12.1 Å².